The first-order valence-corrected chi connectivity index (χ1v) is 5.32. The molecule has 2 aromatic rings. The van der Waals surface area contributed by atoms with E-state index in [4.69, 9.17) is 4.52 Å². The third-order valence-electron chi connectivity index (χ3n) is 2.82. The zero-order valence-corrected chi connectivity index (χ0v) is 9.47. The van der Waals surface area contributed by atoms with E-state index in [1.807, 2.05) is 44.2 Å². The van der Waals surface area contributed by atoms with Crippen LogP contribution in [-0.4, -0.2) is 16.9 Å². The van der Waals surface area contributed by atoms with Gasteiger partial charge in [-0.15, -0.1) is 0 Å². The van der Waals surface area contributed by atoms with Gasteiger partial charge < -0.3 is 9.63 Å². The summed E-state index contributed by atoms with van der Waals surface area (Å²) in [4.78, 5) is 0. The second-order valence-corrected chi connectivity index (χ2v) is 3.88. The van der Waals surface area contributed by atoms with Gasteiger partial charge in [0.1, 0.15) is 5.76 Å². The predicted molar refractivity (Wildman–Crippen MR) is 61.3 cm³/mol. The van der Waals surface area contributed by atoms with Gasteiger partial charge >= 0.3 is 0 Å². The minimum atomic E-state index is -0.0487. The summed E-state index contributed by atoms with van der Waals surface area (Å²) in [5.74, 6) is 0.729. The van der Waals surface area contributed by atoms with Crippen LogP contribution in [0.3, 0.4) is 0 Å². The largest absolute Gasteiger partial charge is 0.395 e. The van der Waals surface area contributed by atoms with Crippen molar-refractivity contribution < 1.29 is 9.63 Å². The SMILES string of the molecule is Cc1noc(C)c1C(CO)c1ccccc1. The molecule has 1 aromatic carbocycles. The number of aromatic nitrogens is 1. The Balaban J connectivity index is 2.45. The van der Waals surface area contributed by atoms with E-state index in [0.717, 1.165) is 22.6 Å². The fourth-order valence-electron chi connectivity index (χ4n) is 2.04. The number of nitrogens with zero attached hydrogens (tertiary/aromatic N) is 1. The fourth-order valence-corrected chi connectivity index (χ4v) is 2.04. The molecule has 0 saturated heterocycles. The maximum absolute atomic E-state index is 9.53. The quantitative estimate of drug-likeness (QED) is 0.858. The highest BCUT2D eigenvalue weighted by atomic mass is 16.5. The molecule has 84 valence electrons. The van der Waals surface area contributed by atoms with Gasteiger partial charge in [-0.3, -0.25) is 0 Å². The molecule has 0 spiro atoms. The van der Waals surface area contributed by atoms with E-state index in [1.54, 1.807) is 0 Å². The Bertz CT molecular complexity index is 443. The van der Waals surface area contributed by atoms with Crippen molar-refractivity contribution in [2.75, 3.05) is 6.61 Å². The van der Waals surface area contributed by atoms with Crippen molar-refractivity contribution in [2.45, 2.75) is 19.8 Å². The molecule has 2 rings (SSSR count). The molecule has 0 saturated carbocycles. The van der Waals surface area contributed by atoms with Crippen LogP contribution in [0.15, 0.2) is 34.9 Å². The molecular formula is C13H15NO2. The van der Waals surface area contributed by atoms with Gasteiger partial charge in [0.25, 0.3) is 0 Å². The smallest absolute Gasteiger partial charge is 0.137 e. The van der Waals surface area contributed by atoms with Crippen LogP contribution < -0.4 is 0 Å². The molecule has 0 aliphatic heterocycles. The van der Waals surface area contributed by atoms with E-state index in [9.17, 15) is 5.11 Å². The highest BCUT2D eigenvalue weighted by molar-refractivity contribution is 5.36. The van der Waals surface area contributed by atoms with Gasteiger partial charge in [-0.2, -0.15) is 0 Å². The average Bonchev–Trinajstić information content (AvgIpc) is 2.63. The summed E-state index contributed by atoms with van der Waals surface area (Å²) in [5.41, 5.74) is 2.92. The lowest BCUT2D eigenvalue weighted by Gasteiger charge is -2.14. The second-order valence-electron chi connectivity index (χ2n) is 3.88. The standard InChI is InChI=1S/C13H15NO2/c1-9-13(10(2)16-14-9)12(8-15)11-6-4-3-5-7-11/h3-7,12,15H,8H2,1-2H3. The number of hydrogen-bond acceptors (Lipinski definition) is 3. The van der Waals surface area contributed by atoms with Gasteiger partial charge in [-0.25, -0.2) is 0 Å². The summed E-state index contributed by atoms with van der Waals surface area (Å²) < 4.78 is 5.14. The zero-order chi connectivity index (χ0) is 11.5. The summed E-state index contributed by atoms with van der Waals surface area (Å²) in [6, 6.07) is 9.91. The van der Waals surface area contributed by atoms with Crippen molar-refractivity contribution in [3.8, 4) is 0 Å². The Labute approximate surface area is 94.7 Å². The van der Waals surface area contributed by atoms with Crippen LogP contribution in [0.5, 0.6) is 0 Å². The van der Waals surface area contributed by atoms with Crippen molar-refractivity contribution in [3.05, 3.63) is 52.9 Å². The number of aliphatic hydroxyl groups excluding tert-OH is 1. The van der Waals surface area contributed by atoms with E-state index in [-0.39, 0.29) is 12.5 Å². The van der Waals surface area contributed by atoms with Crippen molar-refractivity contribution in [3.63, 3.8) is 0 Å². The van der Waals surface area contributed by atoms with Crippen molar-refractivity contribution in [1.29, 1.82) is 0 Å². The Morgan fingerprint density at radius 2 is 1.94 bits per heavy atom. The highest BCUT2D eigenvalue weighted by Gasteiger charge is 2.21. The van der Waals surface area contributed by atoms with E-state index in [2.05, 4.69) is 5.16 Å². The van der Waals surface area contributed by atoms with Crippen LogP contribution in [0, 0.1) is 13.8 Å². The van der Waals surface area contributed by atoms with Crippen LogP contribution in [-0.2, 0) is 0 Å². The lowest BCUT2D eigenvalue weighted by molar-refractivity contribution is 0.279. The lowest BCUT2D eigenvalue weighted by atomic mass is 9.91. The Morgan fingerprint density at radius 1 is 1.25 bits per heavy atom. The molecule has 0 aliphatic rings. The van der Waals surface area contributed by atoms with Crippen LogP contribution in [0.2, 0.25) is 0 Å². The first kappa shape index (κ1) is 10.9. The maximum atomic E-state index is 9.53. The number of hydrogen-bond donors (Lipinski definition) is 1. The fraction of sp³-hybridized carbons (Fsp3) is 0.308. The predicted octanol–water partition coefficient (Wildman–Crippen LogP) is 2.42. The van der Waals surface area contributed by atoms with Crippen molar-refractivity contribution in [1.82, 2.24) is 5.16 Å². The third-order valence-corrected chi connectivity index (χ3v) is 2.82. The number of rotatable bonds is 3. The van der Waals surface area contributed by atoms with Gasteiger partial charge in [0, 0.05) is 11.5 Å². The summed E-state index contributed by atoms with van der Waals surface area (Å²) >= 11 is 0. The van der Waals surface area contributed by atoms with Crippen LogP contribution in [0.1, 0.15) is 28.5 Å². The number of aliphatic hydroxyl groups is 1. The molecule has 0 aliphatic carbocycles. The molecular weight excluding hydrogens is 202 g/mol. The minimum absolute atomic E-state index is 0.0487. The molecule has 1 atom stereocenters. The van der Waals surface area contributed by atoms with Gasteiger partial charge in [0.2, 0.25) is 0 Å². The Kier molecular flexibility index (Phi) is 3.06. The molecule has 1 aromatic heterocycles. The van der Waals surface area contributed by atoms with Crippen molar-refractivity contribution in [2.24, 2.45) is 0 Å². The van der Waals surface area contributed by atoms with E-state index in [1.165, 1.54) is 0 Å². The molecule has 16 heavy (non-hydrogen) atoms. The minimum Gasteiger partial charge on any atom is -0.395 e. The molecule has 0 fully saturated rings. The molecule has 1 unspecified atom stereocenters. The summed E-state index contributed by atoms with van der Waals surface area (Å²) in [6.07, 6.45) is 0. The Morgan fingerprint density at radius 3 is 2.44 bits per heavy atom. The van der Waals surface area contributed by atoms with E-state index >= 15 is 0 Å². The normalized spacial score (nSPS) is 12.7. The monoisotopic (exact) mass is 217 g/mol. The van der Waals surface area contributed by atoms with Crippen molar-refractivity contribution >= 4 is 0 Å². The summed E-state index contributed by atoms with van der Waals surface area (Å²) in [6.45, 7) is 3.84. The van der Waals surface area contributed by atoms with Crippen LogP contribution >= 0.6 is 0 Å². The molecule has 1 N–H and O–H groups in total. The molecule has 0 radical (unpaired) electrons. The summed E-state index contributed by atoms with van der Waals surface area (Å²) in [5, 5.41) is 13.5. The molecule has 0 amide bonds. The highest BCUT2D eigenvalue weighted by Crippen LogP contribution is 2.29. The molecule has 0 bridgehead atoms. The summed E-state index contributed by atoms with van der Waals surface area (Å²) in [7, 11) is 0. The van der Waals surface area contributed by atoms with Gasteiger partial charge in [0.05, 0.1) is 12.3 Å². The Hall–Kier alpha value is -1.61. The number of aryl methyl sites for hydroxylation is 2. The van der Waals surface area contributed by atoms with Crippen LogP contribution in [0.25, 0.3) is 0 Å². The topological polar surface area (TPSA) is 46.3 Å². The van der Waals surface area contributed by atoms with E-state index < -0.39 is 0 Å². The first-order valence-electron chi connectivity index (χ1n) is 5.32. The van der Waals surface area contributed by atoms with Gasteiger partial charge in [-0.1, -0.05) is 35.5 Å². The van der Waals surface area contributed by atoms with E-state index in [0.29, 0.717) is 0 Å². The van der Waals surface area contributed by atoms with Gasteiger partial charge in [-0.05, 0) is 19.4 Å². The first-order chi connectivity index (χ1) is 7.74. The lowest BCUT2D eigenvalue weighted by Crippen LogP contribution is -2.07. The number of benzene rings is 1. The zero-order valence-electron chi connectivity index (χ0n) is 9.47. The van der Waals surface area contributed by atoms with Gasteiger partial charge in [0.15, 0.2) is 0 Å². The molecule has 3 nitrogen and oxygen atoms in total. The molecule has 3 heteroatoms. The molecule has 1 heterocycles. The third kappa shape index (κ3) is 1.86. The second kappa shape index (κ2) is 4.49. The average molecular weight is 217 g/mol. The van der Waals surface area contributed by atoms with Crippen LogP contribution in [0.4, 0.5) is 0 Å². The maximum Gasteiger partial charge on any atom is 0.137 e.